The Bertz CT molecular complexity index is 625. The molecule has 1 aromatic carbocycles. The van der Waals surface area contributed by atoms with Gasteiger partial charge in [-0.2, -0.15) is 4.98 Å². The first-order valence-electron chi connectivity index (χ1n) is 6.55. The van der Waals surface area contributed by atoms with Crippen molar-refractivity contribution in [2.45, 2.75) is 20.8 Å². The van der Waals surface area contributed by atoms with Gasteiger partial charge in [0.15, 0.2) is 5.78 Å². The predicted octanol–water partition coefficient (Wildman–Crippen LogP) is 3.16. The molecule has 0 radical (unpaired) electrons. The Morgan fingerprint density at radius 3 is 2.85 bits per heavy atom. The third kappa shape index (κ3) is 3.32. The molecule has 0 bridgehead atoms. The van der Waals surface area contributed by atoms with Gasteiger partial charge in [0, 0.05) is 29.6 Å². The van der Waals surface area contributed by atoms with E-state index in [1.165, 1.54) is 0 Å². The first kappa shape index (κ1) is 14.0. The summed E-state index contributed by atoms with van der Waals surface area (Å²) in [7, 11) is 0. The maximum Gasteiger partial charge on any atom is 0.224 e. The summed E-state index contributed by atoms with van der Waals surface area (Å²) in [5.41, 5.74) is 2.45. The number of carbonyl (C=O) groups is 1. The predicted molar refractivity (Wildman–Crippen MR) is 80.7 cm³/mol. The van der Waals surface area contributed by atoms with Crippen molar-refractivity contribution in [1.29, 1.82) is 0 Å². The van der Waals surface area contributed by atoms with Crippen LogP contribution < -0.4 is 10.6 Å². The molecule has 0 atom stereocenters. The summed E-state index contributed by atoms with van der Waals surface area (Å²) in [5, 5.41) is 6.30. The van der Waals surface area contributed by atoms with Crippen molar-refractivity contribution in [3.8, 4) is 0 Å². The number of nitrogens with zero attached hydrogens (tertiary/aromatic N) is 2. The van der Waals surface area contributed by atoms with E-state index < -0.39 is 0 Å². The van der Waals surface area contributed by atoms with Crippen molar-refractivity contribution in [3.63, 3.8) is 0 Å². The van der Waals surface area contributed by atoms with E-state index in [-0.39, 0.29) is 5.78 Å². The number of carbonyl (C=O) groups excluding carboxylic acids is 1. The number of anilines is 3. The Morgan fingerprint density at radius 2 is 2.15 bits per heavy atom. The number of rotatable bonds is 5. The lowest BCUT2D eigenvalue weighted by molar-refractivity contribution is 0.101. The largest absolute Gasteiger partial charge is 0.354 e. The highest BCUT2D eigenvalue weighted by Crippen LogP contribution is 2.20. The third-order valence-electron chi connectivity index (χ3n) is 2.84. The summed E-state index contributed by atoms with van der Waals surface area (Å²) < 4.78 is 0. The van der Waals surface area contributed by atoms with Crippen LogP contribution in [-0.4, -0.2) is 22.3 Å². The van der Waals surface area contributed by atoms with Crippen LogP contribution in [0.2, 0.25) is 0 Å². The Morgan fingerprint density at radius 1 is 1.35 bits per heavy atom. The molecule has 0 fully saturated rings. The van der Waals surface area contributed by atoms with E-state index in [1.807, 2.05) is 32.0 Å². The zero-order valence-electron chi connectivity index (χ0n) is 11.9. The van der Waals surface area contributed by atoms with Crippen molar-refractivity contribution in [1.82, 2.24) is 9.97 Å². The number of hydrogen-bond acceptors (Lipinski definition) is 5. The van der Waals surface area contributed by atoms with Crippen LogP contribution in [0.25, 0.3) is 0 Å². The summed E-state index contributed by atoms with van der Waals surface area (Å²) in [6.45, 7) is 6.25. The molecule has 0 amide bonds. The van der Waals surface area contributed by atoms with E-state index in [2.05, 4.69) is 20.6 Å². The van der Waals surface area contributed by atoms with Crippen molar-refractivity contribution in [2.75, 3.05) is 17.2 Å². The van der Waals surface area contributed by atoms with Gasteiger partial charge in [0.05, 0.1) is 0 Å². The molecule has 0 aliphatic carbocycles. The van der Waals surface area contributed by atoms with Gasteiger partial charge in [-0.25, -0.2) is 4.98 Å². The first-order valence-corrected chi connectivity index (χ1v) is 6.55. The van der Waals surface area contributed by atoms with Gasteiger partial charge in [0.2, 0.25) is 5.95 Å². The van der Waals surface area contributed by atoms with E-state index in [4.69, 9.17) is 0 Å². The summed E-state index contributed by atoms with van der Waals surface area (Å²) in [4.78, 5) is 20.0. The van der Waals surface area contributed by atoms with Gasteiger partial charge in [0.1, 0.15) is 5.82 Å². The van der Waals surface area contributed by atoms with Gasteiger partial charge in [0.25, 0.3) is 0 Å². The Hall–Kier alpha value is -2.43. The van der Waals surface area contributed by atoms with Gasteiger partial charge in [-0.1, -0.05) is 12.1 Å². The Kier molecular flexibility index (Phi) is 4.30. The molecule has 0 aliphatic heterocycles. The molecule has 5 nitrogen and oxygen atoms in total. The zero-order valence-corrected chi connectivity index (χ0v) is 11.9. The molecule has 2 rings (SSSR count). The van der Waals surface area contributed by atoms with Gasteiger partial charge in [-0.3, -0.25) is 4.79 Å². The smallest absolute Gasteiger partial charge is 0.224 e. The molecule has 2 N–H and O–H groups in total. The van der Waals surface area contributed by atoms with E-state index in [1.54, 1.807) is 19.2 Å². The van der Waals surface area contributed by atoms with Crippen molar-refractivity contribution >= 4 is 23.2 Å². The van der Waals surface area contributed by atoms with Crippen LogP contribution in [0.4, 0.5) is 17.5 Å². The molecule has 0 saturated heterocycles. The molecule has 0 aliphatic rings. The number of aryl methyl sites for hydroxylation is 1. The van der Waals surface area contributed by atoms with E-state index in [0.717, 1.165) is 23.6 Å². The molecule has 1 heterocycles. The Balaban J connectivity index is 2.27. The minimum Gasteiger partial charge on any atom is -0.354 e. The number of nitrogens with one attached hydrogen (secondary N) is 2. The lowest BCUT2D eigenvalue weighted by Crippen LogP contribution is -2.05. The van der Waals surface area contributed by atoms with Crippen molar-refractivity contribution < 1.29 is 4.79 Å². The lowest BCUT2D eigenvalue weighted by Gasteiger charge is -2.11. The highest BCUT2D eigenvalue weighted by Gasteiger charge is 2.05. The average molecular weight is 270 g/mol. The SMILES string of the molecule is CCNc1ncc(C)c(Nc2cccc(C(C)=O)c2)n1. The van der Waals surface area contributed by atoms with Crippen molar-refractivity contribution in [3.05, 3.63) is 41.6 Å². The minimum atomic E-state index is 0.0430. The molecule has 104 valence electrons. The normalized spacial score (nSPS) is 10.2. The monoisotopic (exact) mass is 270 g/mol. The summed E-state index contributed by atoms with van der Waals surface area (Å²) in [5.74, 6) is 1.36. The van der Waals surface area contributed by atoms with E-state index in [0.29, 0.717) is 11.5 Å². The van der Waals surface area contributed by atoms with Crippen LogP contribution in [0.5, 0.6) is 0 Å². The van der Waals surface area contributed by atoms with Crippen LogP contribution >= 0.6 is 0 Å². The summed E-state index contributed by atoms with van der Waals surface area (Å²) in [6, 6.07) is 7.36. The maximum atomic E-state index is 11.4. The van der Waals surface area contributed by atoms with Crippen LogP contribution in [-0.2, 0) is 0 Å². The average Bonchev–Trinajstić information content (AvgIpc) is 2.43. The maximum absolute atomic E-state index is 11.4. The third-order valence-corrected chi connectivity index (χ3v) is 2.84. The molecule has 2 aromatic rings. The molecule has 1 aromatic heterocycles. The van der Waals surface area contributed by atoms with Gasteiger partial charge >= 0.3 is 0 Å². The summed E-state index contributed by atoms with van der Waals surface area (Å²) >= 11 is 0. The molecule has 0 spiro atoms. The number of hydrogen-bond donors (Lipinski definition) is 2. The highest BCUT2D eigenvalue weighted by molar-refractivity contribution is 5.95. The quantitative estimate of drug-likeness (QED) is 0.817. The van der Waals surface area contributed by atoms with Crippen LogP contribution in [0.3, 0.4) is 0 Å². The van der Waals surface area contributed by atoms with Crippen LogP contribution in [0.15, 0.2) is 30.5 Å². The topological polar surface area (TPSA) is 66.9 Å². The number of ketones is 1. The highest BCUT2D eigenvalue weighted by atomic mass is 16.1. The number of benzene rings is 1. The first-order chi connectivity index (χ1) is 9.60. The van der Waals surface area contributed by atoms with Crippen LogP contribution in [0.1, 0.15) is 29.8 Å². The standard InChI is InChI=1S/C15H18N4O/c1-4-16-15-17-9-10(2)14(19-15)18-13-7-5-6-12(8-13)11(3)20/h5-9H,4H2,1-3H3,(H2,16,17,18,19). The number of aromatic nitrogens is 2. The summed E-state index contributed by atoms with van der Waals surface area (Å²) in [6.07, 6.45) is 1.77. The molecule has 0 unspecified atom stereocenters. The lowest BCUT2D eigenvalue weighted by atomic mass is 10.1. The van der Waals surface area contributed by atoms with Crippen LogP contribution in [0, 0.1) is 6.92 Å². The fraction of sp³-hybridized carbons (Fsp3) is 0.267. The van der Waals surface area contributed by atoms with E-state index in [9.17, 15) is 4.79 Å². The molecular formula is C15H18N4O. The minimum absolute atomic E-state index is 0.0430. The number of Topliss-reactive ketones (excluding diaryl/α,β-unsaturated/α-hetero) is 1. The second-order valence-corrected chi connectivity index (χ2v) is 4.52. The van der Waals surface area contributed by atoms with Gasteiger partial charge in [-0.05, 0) is 32.9 Å². The molecule has 20 heavy (non-hydrogen) atoms. The zero-order chi connectivity index (χ0) is 14.5. The molecule has 5 heteroatoms. The second-order valence-electron chi connectivity index (χ2n) is 4.52. The fourth-order valence-electron chi connectivity index (χ4n) is 1.76. The Labute approximate surface area is 118 Å². The van der Waals surface area contributed by atoms with Gasteiger partial charge < -0.3 is 10.6 Å². The fourth-order valence-corrected chi connectivity index (χ4v) is 1.76. The second kappa shape index (κ2) is 6.14. The van der Waals surface area contributed by atoms with Gasteiger partial charge in [-0.15, -0.1) is 0 Å². The van der Waals surface area contributed by atoms with E-state index >= 15 is 0 Å². The van der Waals surface area contributed by atoms with Crippen molar-refractivity contribution in [2.24, 2.45) is 0 Å². The molecular weight excluding hydrogens is 252 g/mol. The molecule has 0 saturated carbocycles.